The zero-order chi connectivity index (χ0) is 14.7. The molecule has 0 fully saturated rings. The highest BCUT2D eigenvalue weighted by atomic mass is 31.2. The van der Waals surface area contributed by atoms with Crippen LogP contribution >= 0.6 is 7.14 Å². The molecule has 0 unspecified atom stereocenters. The molecule has 4 heteroatoms. The normalized spacial score (nSPS) is 13.0. The smallest absolute Gasteiger partial charge is 0.177 e. The van der Waals surface area contributed by atoms with Crippen LogP contribution < -0.4 is 10.6 Å². The van der Waals surface area contributed by atoms with E-state index in [2.05, 4.69) is 0 Å². The van der Waals surface area contributed by atoms with Crippen molar-refractivity contribution in [3.8, 4) is 0 Å². The first-order valence-electron chi connectivity index (χ1n) is 6.65. The van der Waals surface area contributed by atoms with Crippen LogP contribution in [0.25, 0.3) is 0 Å². The van der Waals surface area contributed by atoms with Gasteiger partial charge in [0.15, 0.2) is 13.0 Å². The van der Waals surface area contributed by atoms with Gasteiger partial charge >= 0.3 is 0 Å². The fraction of sp³-hybridized carbons (Fsp3) is 0.0588. The molecule has 0 spiro atoms. The Morgan fingerprint density at radius 2 is 1.33 bits per heavy atom. The molecule has 0 aliphatic carbocycles. The summed E-state index contributed by atoms with van der Waals surface area (Å²) in [5, 5.41) is 11.9. The van der Waals surface area contributed by atoms with Gasteiger partial charge in [-0.1, -0.05) is 60.7 Å². The lowest BCUT2D eigenvalue weighted by Crippen LogP contribution is -2.21. The van der Waals surface area contributed by atoms with E-state index in [0.29, 0.717) is 16.4 Å². The van der Waals surface area contributed by atoms with Crippen LogP contribution in [-0.4, -0.2) is 5.11 Å². The summed E-state index contributed by atoms with van der Waals surface area (Å²) in [6, 6.07) is 21.4. The van der Waals surface area contributed by atoms with Gasteiger partial charge in [-0.25, -0.2) is 0 Å². The first-order chi connectivity index (χ1) is 10.2. The quantitative estimate of drug-likeness (QED) is 0.752. The maximum absolute atomic E-state index is 13.7. The van der Waals surface area contributed by atoms with Crippen LogP contribution in [0, 0.1) is 0 Å². The minimum atomic E-state index is -3.24. The Balaban J connectivity index is 2.19. The lowest BCUT2D eigenvalue weighted by atomic mass is 10.4. The second-order valence-corrected chi connectivity index (χ2v) is 7.56. The topological polar surface area (TPSA) is 50.4 Å². The summed E-state index contributed by atoms with van der Waals surface area (Å²) in [6.07, 6.45) is 1.47. The number of rotatable bonds is 4. The predicted molar refractivity (Wildman–Crippen MR) is 83.4 cm³/mol. The highest BCUT2D eigenvalue weighted by Gasteiger charge is 2.38. The lowest BCUT2D eigenvalue weighted by Gasteiger charge is -2.23. The molecule has 0 saturated carbocycles. The Morgan fingerprint density at radius 3 is 1.76 bits per heavy atom. The average molecular weight is 298 g/mol. The van der Waals surface area contributed by atoms with Gasteiger partial charge in [0.1, 0.15) is 5.76 Å². The molecular weight excluding hydrogens is 283 g/mol. The molecule has 1 aromatic heterocycles. The molecule has 0 saturated heterocycles. The molecule has 106 valence electrons. The summed E-state index contributed by atoms with van der Waals surface area (Å²) in [4.78, 5) is 0. The zero-order valence-corrected chi connectivity index (χ0v) is 12.2. The largest absolute Gasteiger partial charge is 0.466 e. The van der Waals surface area contributed by atoms with Crippen molar-refractivity contribution in [2.24, 2.45) is 0 Å². The Kier molecular flexibility index (Phi) is 3.78. The molecule has 0 bridgehead atoms. The van der Waals surface area contributed by atoms with Crippen molar-refractivity contribution in [2.75, 3.05) is 0 Å². The molecule has 1 heterocycles. The number of aliphatic hydroxyl groups excluding tert-OH is 1. The molecule has 3 rings (SSSR count). The summed E-state index contributed by atoms with van der Waals surface area (Å²) in [5.74, 6) is -0.886. The third-order valence-corrected chi connectivity index (χ3v) is 6.50. The lowest BCUT2D eigenvalue weighted by molar-refractivity contribution is 0.224. The number of hydrogen-bond donors (Lipinski definition) is 1. The molecule has 0 amide bonds. The Labute approximate surface area is 123 Å². The van der Waals surface area contributed by atoms with Gasteiger partial charge in [-0.2, -0.15) is 0 Å². The number of aliphatic hydroxyl groups is 1. The molecule has 1 atom stereocenters. The minimum Gasteiger partial charge on any atom is -0.466 e. The van der Waals surface area contributed by atoms with Crippen molar-refractivity contribution in [1.82, 2.24) is 0 Å². The summed E-state index contributed by atoms with van der Waals surface area (Å²) in [7, 11) is -3.24. The van der Waals surface area contributed by atoms with E-state index in [9.17, 15) is 9.67 Å². The third kappa shape index (κ3) is 2.46. The maximum Gasteiger partial charge on any atom is 0.177 e. The van der Waals surface area contributed by atoms with E-state index >= 15 is 0 Å². The van der Waals surface area contributed by atoms with E-state index in [1.165, 1.54) is 6.26 Å². The standard InChI is InChI=1S/C17H15O3P/c18-17(16-12-7-13-20-16)21(19,14-8-3-1-4-9-14)15-10-5-2-6-11-15/h1-13,17-18H/t17-/m1/s1. The summed E-state index contributed by atoms with van der Waals surface area (Å²) >= 11 is 0. The van der Waals surface area contributed by atoms with Crippen molar-refractivity contribution in [1.29, 1.82) is 0 Å². The average Bonchev–Trinajstić information content (AvgIpc) is 3.09. The van der Waals surface area contributed by atoms with Crippen molar-refractivity contribution >= 4 is 17.8 Å². The van der Waals surface area contributed by atoms with Crippen molar-refractivity contribution in [2.45, 2.75) is 5.85 Å². The summed E-state index contributed by atoms with van der Waals surface area (Å²) in [5.41, 5.74) is 0. The van der Waals surface area contributed by atoms with Gasteiger partial charge < -0.3 is 14.1 Å². The minimum absolute atomic E-state index is 0.311. The molecule has 2 aromatic carbocycles. The van der Waals surface area contributed by atoms with Crippen LogP contribution in [-0.2, 0) is 4.57 Å². The van der Waals surface area contributed by atoms with Crippen molar-refractivity contribution < 1.29 is 14.1 Å². The fourth-order valence-corrected chi connectivity index (χ4v) is 4.95. The van der Waals surface area contributed by atoms with E-state index in [0.717, 1.165) is 0 Å². The number of furan rings is 1. The monoisotopic (exact) mass is 298 g/mol. The van der Waals surface area contributed by atoms with Gasteiger partial charge in [-0.3, -0.25) is 0 Å². The van der Waals surface area contributed by atoms with Gasteiger partial charge in [-0.15, -0.1) is 0 Å². The fourth-order valence-electron chi connectivity index (χ4n) is 2.35. The third-order valence-electron chi connectivity index (χ3n) is 3.42. The zero-order valence-electron chi connectivity index (χ0n) is 11.3. The van der Waals surface area contributed by atoms with E-state index in [-0.39, 0.29) is 0 Å². The van der Waals surface area contributed by atoms with Crippen molar-refractivity contribution in [3.63, 3.8) is 0 Å². The SMILES string of the molecule is O=P(c1ccccc1)(c1ccccc1)[C@@H](O)c1ccco1. The Hall–Kier alpha value is -2.09. The van der Waals surface area contributed by atoms with Gasteiger partial charge in [0.2, 0.25) is 0 Å². The van der Waals surface area contributed by atoms with Crippen molar-refractivity contribution in [3.05, 3.63) is 84.8 Å². The highest BCUT2D eigenvalue weighted by Crippen LogP contribution is 2.55. The number of benzene rings is 2. The van der Waals surface area contributed by atoms with Crippen LogP contribution in [0.5, 0.6) is 0 Å². The van der Waals surface area contributed by atoms with E-state index < -0.39 is 13.0 Å². The highest BCUT2D eigenvalue weighted by molar-refractivity contribution is 7.78. The van der Waals surface area contributed by atoms with E-state index in [4.69, 9.17) is 4.42 Å². The Morgan fingerprint density at radius 1 is 0.810 bits per heavy atom. The molecule has 1 N–H and O–H groups in total. The second kappa shape index (κ2) is 5.72. The van der Waals surface area contributed by atoms with Gasteiger partial charge in [0.05, 0.1) is 6.26 Å². The van der Waals surface area contributed by atoms with Crippen LogP contribution in [0.2, 0.25) is 0 Å². The Bertz CT molecular complexity index is 693. The molecule has 3 aromatic rings. The predicted octanol–water partition coefficient (Wildman–Crippen LogP) is 3.28. The van der Waals surface area contributed by atoms with Crippen LogP contribution in [0.15, 0.2) is 83.5 Å². The molecule has 3 nitrogen and oxygen atoms in total. The van der Waals surface area contributed by atoms with E-state index in [1.54, 1.807) is 36.4 Å². The van der Waals surface area contributed by atoms with Gasteiger partial charge in [0.25, 0.3) is 0 Å². The molecule has 0 radical (unpaired) electrons. The van der Waals surface area contributed by atoms with Crippen LogP contribution in [0.3, 0.4) is 0 Å². The maximum atomic E-state index is 13.7. The van der Waals surface area contributed by atoms with Gasteiger partial charge in [-0.05, 0) is 12.1 Å². The first-order valence-corrected chi connectivity index (χ1v) is 8.43. The molecular formula is C17H15O3P. The number of hydrogen-bond acceptors (Lipinski definition) is 3. The second-order valence-electron chi connectivity index (χ2n) is 4.72. The first kappa shape index (κ1) is 13.9. The molecule has 0 aliphatic heterocycles. The van der Waals surface area contributed by atoms with Gasteiger partial charge in [0, 0.05) is 10.6 Å². The molecule has 21 heavy (non-hydrogen) atoms. The van der Waals surface area contributed by atoms with E-state index in [1.807, 2.05) is 36.4 Å². The summed E-state index contributed by atoms with van der Waals surface area (Å²) < 4.78 is 19.0. The molecule has 0 aliphatic rings. The summed E-state index contributed by atoms with van der Waals surface area (Å²) in [6.45, 7) is 0. The van der Waals surface area contributed by atoms with Crippen LogP contribution in [0.1, 0.15) is 11.6 Å². The van der Waals surface area contributed by atoms with Crippen LogP contribution in [0.4, 0.5) is 0 Å².